The molecule has 3 atom stereocenters. The van der Waals surface area contributed by atoms with E-state index in [1.54, 1.807) is 13.8 Å². The maximum Gasteiger partial charge on any atom is 0.308 e. The molecule has 20 heavy (non-hydrogen) atoms. The van der Waals surface area contributed by atoms with E-state index in [1.807, 2.05) is 6.92 Å². The smallest absolute Gasteiger partial charge is 0.308 e. The molecule has 1 aliphatic heterocycles. The number of carboxylic acids is 1. The van der Waals surface area contributed by atoms with Crippen LogP contribution in [0, 0.1) is 11.8 Å². The van der Waals surface area contributed by atoms with Gasteiger partial charge in [0.05, 0.1) is 5.92 Å². The van der Waals surface area contributed by atoms with Gasteiger partial charge in [0.25, 0.3) is 0 Å². The molecule has 0 radical (unpaired) electrons. The molecule has 0 aromatic rings. The first-order valence-electron chi connectivity index (χ1n) is 7.17. The third-order valence-electron chi connectivity index (χ3n) is 3.88. The maximum absolute atomic E-state index is 12.0. The van der Waals surface area contributed by atoms with Crippen molar-refractivity contribution in [2.24, 2.45) is 11.8 Å². The molecule has 1 rings (SSSR count). The van der Waals surface area contributed by atoms with E-state index >= 15 is 0 Å². The van der Waals surface area contributed by atoms with Crippen molar-refractivity contribution in [3.63, 3.8) is 0 Å². The van der Waals surface area contributed by atoms with E-state index in [2.05, 4.69) is 5.32 Å². The van der Waals surface area contributed by atoms with Crippen molar-refractivity contribution >= 4 is 17.8 Å². The quantitative estimate of drug-likeness (QED) is 0.757. The number of carboxylic acid groups (broad SMARTS) is 1. The van der Waals surface area contributed by atoms with Crippen molar-refractivity contribution < 1.29 is 19.5 Å². The lowest BCUT2D eigenvalue weighted by Crippen LogP contribution is -2.53. The fourth-order valence-corrected chi connectivity index (χ4v) is 2.77. The van der Waals surface area contributed by atoms with Gasteiger partial charge in [0.1, 0.15) is 0 Å². The molecule has 0 aromatic carbocycles. The number of carbonyl (C=O) groups is 3. The van der Waals surface area contributed by atoms with Gasteiger partial charge in [-0.25, -0.2) is 0 Å². The molecule has 1 fully saturated rings. The van der Waals surface area contributed by atoms with E-state index in [0.29, 0.717) is 6.54 Å². The number of carbonyl (C=O) groups excluding carboxylic acids is 2. The predicted molar refractivity (Wildman–Crippen MR) is 74.0 cm³/mol. The zero-order valence-electron chi connectivity index (χ0n) is 12.4. The van der Waals surface area contributed by atoms with Gasteiger partial charge >= 0.3 is 5.97 Å². The molecule has 0 aromatic heterocycles. The minimum Gasteiger partial charge on any atom is -0.481 e. The summed E-state index contributed by atoms with van der Waals surface area (Å²) < 4.78 is 0. The van der Waals surface area contributed by atoms with Crippen LogP contribution in [0.2, 0.25) is 0 Å². The second-order valence-electron chi connectivity index (χ2n) is 5.47. The second kappa shape index (κ2) is 7.26. The molecule has 2 amide bonds. The number of nitrogens with zero attached hydrogens (tertiary/aromatic N) is 1. The minimum atomic E-state index is -0.877. The molecule has 3 unspecified atom stereocenters. The van der Waals surface area contributed by atoms with Crippen molar-refractivity contribution in [1.29, 1.82) is 0 Å². The third-order valence-corrected chi connectivity index (χ3v) is 3.88. The Morgan fingerprint density at radius 1 is 1.40 bits per heavy atom. The van der Waals surface area contributed by atoms with E-state index in [0.717, 1.165) is 6.42 Å². The summed E-state index contributed by atoms with van der Waals surface area (Å²) in [6, 6.07) is -0.372. The molecule has 1 heterocycles. The Morgan fingerprint density at radius 2 is 2.05 bits per heavy atom. The summed E-state index contributed by atoms with van der Waals surface area (Å²) in [5.74, 6) is -1.77. The molecule has 1 aliphatic rings. The number of piperidine rings is 1. The second-order valence-corrected chi connectivity index (χ2v) is 5.47. The Bertz CT molecular complexity index is 383. The third kappa shape index (κ3) is 3.95. The highest BCUT2D eigenvalue weighted by molar-refractivity contribution is 5.83. The summed E-state index contributed by atoms with van der Waals surface area (Å²) >= 11 is 0. The topological polar surface area (TPSA) is 86.7 Å². The highest BCUT2D eigenvalue weighted by Gasteiger charge is 2.41. The van der Waals surface area contributed by atoms with Crippen LogP contribution in [0.5, 0.6) is 0 Å². The Balaban J connectivity index is 2.61. The summed E-state index contributed by atoms with van der Waals surface area (Å²) in [6.07, 6.45) is 1.32. The monoisotopic (exact) mass is 284 g/mol. The average molecular weight is 284 g/mol. The van der Waals surface area contributed by atoms with Crippen LogP contribution in [0.3, 0.4) is 0 Å². The van der Waals surface area contributed by atoms with Crippen molar-refractivity contribution in [2.75, 3.05) is 13.1 Å². The van der Waals surface area contributed by atoms with Crippen LogP contribution >= 0.6 is 0 Å². The van der Waals surface area contributed by atoms with Crippen LogP contribution in [0.4, 0.5) is 0 Å². The first-order valence-corrected chi connectivity index (χ1v) is 7.17. The molecular formula is C14H24N2O4. The van der Waals surface area contributed by atoms with Crippen molar-refractivity contribution in [3.05, 3.63) is 0 Å². The summed E-state index contributed by atoms with van der Waals surface area (Å²) in [4.78, 5) is 36.4. The Kier molecular flexibility index (Phi) is 5.98. The normalized spacial score (nSPS) is 26.4. The molecule has 6 nitrogen and oxygen atoms in total. The number of nitrogens with one attached hydrogen (secondary N) is 1. The lowest BCUT2D eigenvalue weighted by atomic mass is 9.81. The number of hydrogen-bond donors (Lipinski definition) is 2. The van der Waals surface area contributed by atoms with Gasteiger partial charge in [-0.1, -0.05) is 13.8 Å². The van der Waals surface area contributed by atoms with Gasteiger partial charge in [0, 0.05) is 32.0 Å². The standard InChI is InChI=1S/C14H24N2O4/c1-4-6-15-11(17)5-7-16-10(3)13(14(19)20)9(2)8-12(16)18/h9-10,13H,4-8H2,1-3H3,(H,15,17)(H,19,20). The van der Waals surface area contributed by atoms with Gasteiger partial charge in [0.2, 0.25) is 11.8 Å². The van der Waals surface area contributed by atoms with Crippen molar-refractivity contribution in [3.8, 4) is 0 Å². The molecule has 0 aliphatic carbocycles. The van der Waals surface area contributed by atoms with Crippen LogP contribution in [-0.2, 0) is 14.4 Å². The summed E-state index contributed by atoms with van der Waals surface area (Å²) in [7, 11) is 0. The first-order chi connectivity index (χ1) is 9.38. The SMILES string of the molecule is CCCNC(=O)CCN1C(=O)CC(C)C(C(=O)O)C1C. The number of rotatable bonds is 6. The highest BCUT2D eigenvalue weighted by Crippen LogP contribution is 2.30. The summed E-state index contributed by atoms with van der Waals surface area (Å²) in [5.41, 5.74) is 0. The fourth-order valence-electron chi connectivity index (χ4n) is 2.77. The van der Waals surface area contributed by atoms with Gasteiger partial charge in [-0.15, -0.1) is 0 Å². The van der Waals surface area contributed by atoms with E-state index in [-0.39, 0.29) is 43.2 Å². The number of aliphatic carboxylic acids is 1. The Hall–Kier alpha value is -1.59. The van der Waals surface area contributed by atoms with E-state index in [1.165, 1.54) is 4.90 Å². The minimum absolute atomic E-state index is 0.0641. The molecule has 0 saturated carbocycles. The largest absolute Gasteiger partial charge is 0.481 e. The first kappa shape index (κ1) is 16.5. The molecule has 0 bridgehead atoms. The molecule has 114 valence electrons. The van der Waals surface area contributed by atoms with Crippen molar-refractivity contribution in [2.45, 2.75) is 46.1 Å². The zero-order chi connectivity index (χ0) is 15.3. The average Bonchev–Trinajstić information content (AvgIpc) is 2.34. The molecule has 0 spiro atoms. The van der Waals surface area contributed by atoms with E-state index < -0.39 is 11.9 Å². The molecule has 1 saturated heterocycles. The number of amides is 2. The van der Waals surface area contributed by atoms with Gasteiger partial charge in [-0.3, -0.25) is 14.4 Å². The van der Waals surface area contributed by atoms with Crippen LogP contribution in [-0.4, -0.2) is 46.9 Å². The van der Waals surface area contributed by atoms with Crippen LogP contribution in [0.15, 0.2) is 0 Å². The highest BCUT2D eigenvalue weighted by atomic mass is 16.4. The van der Waals surface area contributed by atoms with E-state index in [4.69, 9.17) is 0 Å². The maximum atomic E-state index is 12.0. The molecular weight excluding hydrogens is 260 g/mol. The number of likely N-dealkylation sites (tertiary alicyclic amines) is 1. The predicted octanol–water partition coefficient (Wildman–Crippen LogP) is 0.860. The fraction of sp³-hybridized carbons (Fsp3) is 0.786. The molecule has 2 N–H and O–H groups in total. The summed E-state index contributed by atoms with van der Waals surface area (Å²) in [6.45, 7) is 6.41. The lowest BCUT2D eigenvalue weighted by molar-refractivity contribution is -0.154. The van der Waals surface area contributed by atoms with Crippen LogP contribution in [0.1, 0.15) is 40.0 Å². The zero-order valence-corrected chi connectivity index (χ0v) is 12.4. The Labute approximate surface area is 119 Å². The Morgan fingerprint density at radius 3 is 2.60 bits per heavy atom. The lowest BCUT2D eigenvalue weighted by Gasteiger charge is -2.40. The van der Waals surface area contributed by atoms with Crippen LogP contribution in [0.25, 0.3) is 0 Å². The van der Waals surface area contributed by atoms with E-state index in [9.17, 15) is 19.5 Å². The molecule has 6 heteroatoms. The number of hydrogen-bond acceptors (Lipinski definition) is 3. The van der Waals surface area contributed by atoms with Gasteiger partial charge < -0.3 is 15.3 Å². The van der Waals surface area contributed by atoms with Crippen molar-refractivity contribution in [1.82, 2.24) is 10.2 Å². The van der Waals surface area contributed by atoms with Gasteiger partial charge in [-0.2, -0.15) is 0 Å². The van der Waals surface area contributed by atoms with Crippen LogP contribution < -0.4 is 5.32 Å². The van der Waals surface area contributed by atoms with Gasteiger partial charge in [0.15, 0.2) is 0 Å². The summed E-state index contributed by atoms with van der Waals surface area (Å²) in [5, 5.41) is 12.0. The van der Waals surface area contributed by atoms with Gasteiger partial charge in [-0.05, 0) is 19.3 Å².